The van der Waals surface area contributed by atoms with Gasteiger partial charge < -0.3 is 9.84 Å². The molecule has 2 fully saturated rings. The van der Waals surface area contributed by atoms with Gasteiger partial charge in [-0.2, -0.15) is 0 Å². The van der Waals surface area contributed by atoms with Gasteiger partial charge in [0.1, 0.15) is 0 Å². The van der Waals surface area contributed by atoms with E-state index in [2.05, 4.69) is 0 Å². The first kappa shape index (κ1) is 8.05. The zero-order valence-corrected chi connectivity index (χ0v) is 7.25. The Morgan fingerprint density at radius 1 is 1.67 bits per heavy atom. The highest BCUT2D eigenvalue weighted by Crippen LogP contribution is 2.57. The molecule has 68 valence electrons. The molecule has 0 aromatic rings. The lowest BCUT2D eigenvalue weighted by Crippen LogP contribution is -2.22. The topological polar surface area (TPSA) is 46.5 Å². The first-order chi connectivity index (χ1) is 5.64. The molecule has 3 unspecified atom stereocenters. The van der Waals surface area contributed by atoms with Crippen LogP contribution in [0.4, 0.5) is 0 Å². The fourth-order valence-corrected chi connectivity index (χ4v) is 2.20. The maximum Gasteiger partial charge on any atom is 0.307 e. The Bertz CT molecular complexity index is 208. The van der Waals surface area contributed by atoms with Gasteiger partial charge in [0.05, 0.1) is 12.0 Å². The van der Waals surface area contributed by atoms with Crippen LogP contribution in [0.3, 0.4) is 0 Å². The molecule has 2 rings (SSSR count). The van der Waals surface area contributed by atoms with Gasteiger partial charge in [-0.15, -0.1) is 0 Å². The molecule has 1 saturated heterocycles. The summed E-state index contributed by atoms with van der Waals surface area (Å²) in [5.41, 5.74) is -0.0532. The van der Waals surface area contributed by atoms with Crippen LogP contribution < -0.4 is 0 Å². The number of carboxylic acid groups (broad SMARTS) is 1. The fourth-order valence-electron chi connectivity index (χ4n) is 2.20. The van der Waals surface area contributed by atoms with E-state index in [-0.39, 0.29) is 17.4 Å². The summed E-state index contributed by atoms with van der Waals surface area (Å²) < 4.78 is 5.50. The standard InChI is InChI=1S/C9H14O3/c1-9(5-6(9)8(10)11)7-3-2-4-12-7/h6-7H,2-5H2,1H3,(H,10,11). The second-order valence-corrected chi connectivity index (χ2v) is 4.10. The summed E-state index contributed by atoms with van der Waals surface area (Å²) in [5, 5.41) is 8.79. The number of carbonyl (C=O) groups is 1. The van der Waals surface area contributed by atoms with Crippen molar-refractivity contribution in [1.29, 1.82) is 0 Å². The average molecular weight is 170 g/mol. The minimum absolute atomic E-state index is 0.0532. The number of carboxylic acids is 1. The Morgan fingerprint density at radius 2 is 2.42 bits per heavy atom. The highest BCUT2D eigenvalue weighted by Gasteiger charge is 2.60. The summed E-state index contributed by atoms with van der Waals surface area (Å²) in [5.74, 6) is -0.811. The molecule has 0 aromatic carbocycles. The molecule has 1 heterocycles. The molecular weight excluding hydrogens is 156 g/mol. The second-order valence-electron chi connectivity index (χ2n) is 4.10. The number of hydrogen-bond donors (Lipinski definition) is 1. The Labute approximate surface area is 71.7 Å². The van der Waals surface area contributed by atoms with Crippen LogP contribution in [0.5, 0.6) is 0 Å². The monoisotopic (exact) mass is 170 g/mol. The van der Waals surface area contributed by atoms with Crippen LogP contribution in [0, 0.1) is 11.3 Å². The summed E-state index contributed by atoms with van der Waals surface area (Å²) in [4.78, 5) is 10.7. The van der Waals surface area contributed by atoms with Gasteiger partial charge in [-0.1, -0.05) is 6.92 Å². The van der Waals surface area contributed by atoms with E-state index in [4.69, 9.17) is 9.84 Å². The molecule has 0 spiro atoms. The number of aliphatic carboxylic acids is 1. The Hall–Kier alpha value is -0.570. The van der Waals surface area contributed by atoms with Gasteiger partial charge in [0.15, 0.2) is 0 Å². The van der Waals surface area contributed by atoms with E-state index in [1.807, 2.05) is 6.92 Å². The van der Waals surface area contributed by atoms with Crippen molar-refractivity contribution < 1.29 is 14.6 Å². The summed E-state index contributed by atoms with van der Waals surface area (Å²) >= 11 is 0. The molecule has 2 aliphatic rings. The van der Waals surface area contributed by atoms with E-state index in [1.165, 1.54) is 0 Å². The lowest BCUT2D eigenvalue weighted by atomic mass is 9.96. The Kier molecular flexibility index (Phi) is 1.65. The molecule has 1 saturated carbocycles. The zero-order chi connectivity index (χ0) is 8.77. The smallest absolute Gasteiger partial charge is 0.307 e. The first-order valence-electron chi connectivity index (χ1n) is 4.49. The highest BCUT2D eigenvalue weighted by molar-refractivity contribution is 5.74. The summed E-state index contributed by atoms with van der Waals surface area (Å²) in [6, 6.07) is 0. The van der Waals surface area contributed by atoms with Crippen LogP contribution in [0.2, 0.25) is 0 Å². The minimum Gasteiger partial charge on any atom is -0.481 e. The third-order valence-electron chi connectivity index (χ3n) is 3.24. The van der Waals surface area contributed by atoms with Gasteiger partial charge in [0.25, 0.3) is 0 Å². The van der Waals surface area contributed by atoms with Crippen LogP contribution in [0.15, 0.2) is 0 Å². The summed E-state index contributed by atoms with van der Waals surface area (Å²) in [6.45, 7) is 2.84. The molecule has 0 radical (unpaired) electrons. The van der Waals surface area contributed by atoms with Crippen molar-refractivity contribution in [2.24, 2.45) is 11.3 Å². The maximum absolute atomic E-state index is 10.7. The van der Waals surface area contributed by atoms with Gasteiger partial charge in [-0.25, -0.2) is 0 Å². The highest BCUT2D eigenvalue weighted by atomic mass is 16.5. The van der Waals surface area contributed by atoms with E-state index in [9.17, 15) is 4.79 Å². The number of hydrogen-bond acceptors (Lipinski definition) is 2. The molecule has 1 aliphatic carbocycles. The van der Waals surface area contributed by atoms with Crippen molar-refractivity contribution in [3.8, 4) is 0 Å². The lowest BCUT2D eigenvalue weighted by Gasteiger charge is -2.17. The first-order valence-corrected chi connectivity index (χ1v) is 4.49. The van der Waals surface area contributed by atoms with Crippen LogP contribution in [-0.4, -0.2) is 23.8 Å². The molecule has 3 atom stereocenters. The fraction of sp³-hybridized carbons (Fsp3) is 0.889. The van der Waals surface area contributed by atoms with Crippen LogP contribution in [0.1, 0.15) is 26.2 Å². The maximum atomic E-state index is 10.7. The molecule has 12 heavy (non-hydrogen) atoms. The molecule has 3 heteroatoms. The van der Waals surface area contributed by atoms with Crippen molar-refractivity contribution >= 4 is 5.97 Å². The van der Waals surface area contributed by atoms with Crippen molar-refractivity contribution in [3.05, 3.63) is 0 Å². The lowest BCUT2D eigenvalue weighted by molar-refractivity contribution is -0.140. The molecule has 0 bridgehead atoms. The van der Waals surface area contributed by atoms with Crippen molar-refractivity contribution in [2.75, 3.05) is 6.61 Å². The summed E-state index contributed by atoms with van der Waals surface area (Å²) in [7, 11) is 0. The van der Waals surface area contributed by atoms with E-state index in [0.717, 1.165) is 25.9 Å². The molecular formula is C9H14O3. The molecule has 1 N–H and O–H groups in total. The van der Waals surface area contributed by atoms with E-state index in [0.29, 0.717) is 0 Å². The number of ether oxygens (including phenoxy) is 1. The zero-order valence-electron chi connectivity index (χ0n) is 7.25. The third-order valence-corrected chi connectivity index (χ3v) is 3.24. The van der Waals surface area contributed by atoms with Crippen molar-refractivity contribution in [3.63, 3.8) is 0 Å². The van der Waals surface area contributed by atoms with E-state index >= 15 is 0 Å². The Morgan fingerprint density at radius 3 is 2.83 bits per heavy atom. The average Bonchev–Trinajstić information content (AvgIpc) is 2.52. The molecule has 0 aromatic heterocycles. The van der Waals surface area contributed by atoms with Gasteiger partial charge in [-0.05, 0) is 19.3 Å². The summed E-state index contributed by atoms with van der Waals surface area (Å²) in [6.07, 6.45) is 3.14. The minimum atomic E-state index is -0.659. The van der Waals surface area contributed by atoms with E-state index in [1.54, 1.807) is 0 Å². The second kappa shape index (κ2) is 2.46. The molecule has 3 nitrogen and oxygen atoms in total. The molecule has 1 aliphatic heterocycles. The van der Waals surface area contributed by atoms with Crippen molar-refractivity contribution in [1.82, 2.24) is 0 Å². The van der Waals surface area contributed by atoms with Gasteiger partial charge in [0.2, 0.25) is 0 Å². The third kappa shape index (κ3) is 1.04. The largest absolute Gasteiger partial charge is 0.481 e. The van der Waals surface area contributed by atoms with Gasteiger partial charge >= 0.3 is 5.97 Å². The van der Waals surface area contributed by atoms with Crippen LogP contribution in [0.25, 0.3) is 0 Å². The van der Waals surface area contributed by atoms with Crippen LogP contribution >= 0.6 is 0 Å². The number of rotatable bonds is 2. The predicted molar refractivity (Wildman–Crippen MR) is 42.8 cm³/mol. The normalized spacial score (nSPS) is 46.1. The van der Waals surface area contributed by atoms with E-state index < -0.39 is 5.97 Å². The van der Waals surface area contributed by atoms with Crippen molar-refractivity contribution in [2.45, 2.75) is 32.3 Å². The molecule has 0 amide bonds. The SMILES string of the molecule is CC1(C2CCCO2)CC1C(=O)O. The predicted octanol–water partition coefficient (Wildman–Crippen LogP) is 1.28. The van der Waals surface area contributed by atoms with Gasteiger partial charge in [-0.3, -0.25) is 4.79 Å². The van der Waals surface area contributed by atoms with Gasteiger partial charge in [0, 0.05) is 12.0 Å². The van der Waals surface area contributed by atoms with Crippen LogP contribution in [-0.2, 0) is 9.53 Å². The quantitative estimate of drug-likeness (QED) is 0.679. The Balaban J connectivity index is 2.00.